The molecule has 0 saturated carbocycles. The summed E-state index contributed by atoms with van der Waals surface area (Å²) < 4.78 is 21.8. The number of pyridine rings is 1. The monoisotopic (exact) mass is 456 g/mol. The van der Waals surface area contributed by atoms with Crippen LogP contribution < -0.4 is 24.3 Å². The van der Waals surface area contributed by atoms with Gasteiger partial charge in [-0.05, 0) is 61.0 Å². The number of aryl methyl sites for hydroxylation is 1. The Hall–Kier alpha value is -4.26. The largest absolute Gasteiger partial charge is 0.497 e. The summed E-state index contributed by atoms with van der Waals surface area (Å²) in [7, 11) is 3.21. The number of nitrogens with zero attached hydrogens (tertiary/aromatic N) is 1. The number of methoxy groups -OCH3 is 2. The van der Waals surface area contributed by atoms with Crippen LogP contribution in [-0.2, 0) is 6.54 Å². The van der Waals surface area contributed by atoms with Gasteiger partial charge in [0.15, 0.2) is 11.5 Å². The number of rotatable bonds is 6. The van der Waals surface area contributed by atoms with Crippen LogP contribution in [0.3, 0.4) is 0 Å². The second-order valence-corrected chi connectivity index (χ2v) is 8.01. The van der Waals surface area contributed by atoms with Gasteiger partial charge in [0.05, 0.1) is 31.0 Å². The minimum Gasteiger partial charge on any atom is -0.497 e. The van der Waals surface area contributed by atoms with E-state index in [2.05, 4.69) is 5.32 Å². The van der Waals surface area contributed by atoms with Crippen molar-refractivity contribution < 1.29 is 23.7 Å². The third-order valence-electron chi connectivity index (χ3n) is 5.78. The van der Waals surface area contributed by atoms with Gasteiger partial charge in [-0.2, -0.15) is 0 Å². The molecule has 34 heavy (non-hydrogen) atoms. The van der Waals surface area contributed by atoms with Gasteiger partial charge in [0.2, 0.25) is 6.79 Å². The smallest absolute Gasteiger partial charge is 0.252 e. The van der Waals surface area contributed by atoms with Crippen LogP contribution in [-0.4, -0.2) is 31.9 Å². The first-order valence-corrected chi connectivity index (χ1v) is 10.9. The van der Waals surface area contributed by atoms with Crippen molar-refractivity contribution in [1.29, 1.82) is 0 Å². The number of carbonyl (C=O) groups excluding carboxylic acids is 1. The molecule has 0 radical (unpaired) electrons. The number of aromatic nitrogens is 1. The average Bonchev–Trinajstić information content (AvgIpc) is 3.34. The molecule has 0 unspecified atom stereocenters. The van der Waals surface area contributed by atoms with E-state index >= 15 is 0 Å². The molecule has 1 aliphatic rings. The molecule has 1 aliphatic heterocycles. The lowest BCUT2D eigenvalue weighted by atomic mass is 10.0. The van der Waals surface area contributed by atoms with E-state index in [1.54, 1.807) is 20.3 Å². The van der Waals surface area contributed by atoms with Gasteiger partial charge in [0.25, 0.3) is 5.91 Å². The standard InChI is InChI=1S/C27H24N2O5/c1-16-4-7-22-19(10-16)20(13-23(29-22)21-12-18(31-2)6-9-24(21)32-3)27(30)28-14-17-5-8-25-26(11-17)34-15-33-25/h4-13H,14-15H2,1-3H3,(H,28,30). The molecule has 172 valence electrons. The van der Waals surface area contributed by atoms with Gasteiger partial charge in [-0.25, -0.2) is 4.98 Å². The van der Waals surface area contributed by atoms with E-state index in [1.165, 1.54) is 0 Å². The predicted octanol–water partition coefficient (Wildman–Crippen LogP) is 4.89. The van der Waals surface area contributed by atoms with E-state index < -0.39 is 0 Å². The first-order chi connectivity index (χ1) is 16.6. The van der Waals surface area contributed by atoms with Crippen molar-refractivity contribution in [3.63, 3.8) is 0 Å². The van der Waals surface area contributed by atoms with Gasteiger partial charge in [-0.3, -0.25) is 4.79 Å². The number of nitrogens with one attached hydrogen (secondary N) is 1. The molecule has 1 amide bonds. The average molecular weight is 456 g/mol. The number of hydrogen-bond acceptors (Lipinski definition) is 6. The molecular weight excluding hydrogens is 432 g/mol. The van der Waals surface area contributed by atoms with Gasteiger partial charge >= 0.3 is 0 Å². The molecule has 0 saturated heterocycles. The highest BCUT2D eigenvalue weighted by atomic mass is 16.7. The molecule has 0 spiro atoms. The Balaban J connectivity index is 1.53. The van der Waals surface area contributed by atoms with Crippen LogP contribution in [0, 0.1) is 6.92 Å². The van der Waals surface area contributed by atoms with Crippen LogP contribution in [0.1, 0.15) is 21.5 Å². The molecule has 3 aromatic carbocycles. The van der Waals surface area contributed by atoms with E-state index in [4.69, 9.17) is 23.9 Å². The molecule has 0 fully saturated rings. The van der Waals surface area contributed by atoms with Gasteiger partial charge in [0.1, 0.15) is 11.5 Å². The molecule has 1 N–H and O–H groups in total. The molecule has 0 atom stereocenters. The fourth-order valence-electron chi connectivity index (χ4n) is 4.01. The summed E-state index contributed by atoms with van der Waals surface area (Å²) in [5.74, 6) is 2.52. The molecule has 7 heteroatoms. The zero-order valence-corrected chi connectivity index (χ0v) is 19.2. The van der Waals surface area contributed by atoms with Crippen molar-refractivity contribution >= 4 is 16.8 Å². The zero-order valence-electron chi connectivity index (χ0n) is 19.2. The quantitative estimate of drug-likeness (QED) is 0.445. The van der Waals surface area contributed by atoms with E-state index in [1.807, 2.05) is 61.5 Å². The fourth-order valence-corrected chi connectivity index (χ4v) is 4.01. The lowest BCUT2D eigenvalue weighted by Gasteiger charge is -2.14. The first kappa shape index (κ1) is 21.6. The number of amides is 1. The Morgan fingerprint density at radius 2 is 1.82 bits per heavy atom. The molecule has 7 nitrogen and oxygen atoms in total. The normalized spacial score (nSPS) is 12.0. The predicted molar refractivity (Wildman–Crippen MR) is 129 cm³/mol. The van der Waals surface area contributed by atoms with Crippen LogP contribution >= 0.6 is 0 Å². The highest BCUT2D eigenvalue weighted by Crippen LogP contribution is 2.35. The maximum Gasteiger partial charge on any atom is 0.252 e. The minimum absolute atomic E-state index is 0.196. The number of ether oxygens (including phenoxy) is 4. The second-order valence-electron chi connectivity index (χ2n) is 8.01. The highest BCUT2D eigenvalue weighted by molar-refractivity contribution is 6.07. The Morgan fingerprint density at radius 3 is 2.65 bits per heavy atom. The highest BCUT2D eigenvalue weighted by Gasteiger charge is 2.18. The van der Waals surface area contributed by atoms with Gasteiger partial charge in [-0.1, -0.05) is 17.7 Å². The Bertz CT molecular complexity index is 1400. The minimum atomic E-state index is -0.196. The number of carbonyl (C=O) groups is 1. The lowest BCUT2D eigenvalue weighted by Crippen LogP contribution is -2.23. The van der Waals surface area contributed by atoms with E-state index in [9.17, 15) is 4.79 Å². The van der Waals surface area contributed by atoms with Gasteiger partial charge in [0, 0.05) is 17.5 Å². The van der Waals surface area contributed by atoms with Gasteiger partial charge < -0.3 is 24.3 Å². The summed E-state index contributed by atoms with van der Waals surface area (Å²) in [6.45, 7) is 2.56. The summed E-state index contributed by atoms with van der Waals surface area (Å²) in [6.07, 6.45) is 0. The van der Waals surface area contributed by atoms with E-state index in [0.29, 0.717) is 40.8 Å². The van der Waals surface area contributed by atoms with Crippen molar-refractivity contribution in [2.75, 3.05) is 21.0 Å². The molecule has 5 rings (SSSR count). The number of hydrogen-bond donors (Lipinski definition) is 1. The van der Waals surface area contributed by atoms with Crippen LogP contribution in [0.15, 0.2) is 60.7 Å². The van der Waals surface area contributed by atoms with Crippen LogP contribution in [0.25, 0.3) is 22.2 Å². The molecule has 1 aromatic heterocycles. The maximum absolute atomic E-state index is 13.4. The molecule has 4 aromatic rings. The molecular formula is C27H24N2O5. The SMILES string of the molecule is COc1ccc(OC)c(-c2cc(C(=O)NCc3ccc4c(c3)OCO4)c3cc(C)ccc3n2)c1. The van der Waals surface area contributed by atoms with Crippen LogP contribution in [0.2, 0.25) is 0 Å². The Labute approximate surface area is 197 Å². The first-order valence-electron chi connectivity index (χ1n) is 10.9. The maximum atomic E-state index is 13.4. The summed E-state index contributed by atoms with van der Waals surface area (Å²) in [4.78, 5) is 18.2. The van der Waals surface area contributed by atoms with Crippen LogP contribution in [0.5, 0.6) is 23.0 Å². The van der Waals surface area contributed by atoms with E-state index in [0.717, 1.165) is 27.6 Å². The van der Waals surface area contributed by atoms with Crippen molar-refractivity contribution in [1.82, 2.24) is 10.3 Å². The summed E-state index contributed by atoms with van der Waals surface area (Å²) in [5.41, 5.74) is 4.60. The topological polar surface area (TPSA) is 78.9 Å². The van der Waals surface area contributed by atoms with Crippen LogP contribution in [0.4, 0.5) is 0 Å². The number of fused-ring (bicyclic) bond motifs is 2. The lowest BCUT2D eigenvalue weighted by molar-refractivity contribution is 0.0952. The fraction of sp³-hybridized carbons (Fsp3) is 0.185. The third kappa shape index (κ3) is 4.08. The summed E-state index contributed by atoms with van der Waals surface area (Å²) in [6, 6.07) is 18.8. The van der Waals surface area contributed by atoms with Crippen molar-refractivity contribution in [3.05, 3.63) is 77.4 Å². The Morgan fingerprint density at radius 1 is 0.971 bits per heavy atom. The number of benzene rings is 3. The Kier molecular flexibility index (Phi) is 5.67. The molecule has 2 heterocycles. The zero-order chi connectivity index (χ0) is 23.7. The van der Waals surface area contributed by atoms with E-state index in [-0.39, 0.29) is 12.7 Å². The van der Waals surface area contributed by atoms with Crippen molar-refractivity contribution in [3.8, 4) is 34.3 Å². The molecule has 0 bridgehead atoms. The second kappa shape index (κ2) is 8.94. The van der Waals surface area contributed by atoms with Crippen molar-refractivity contribution in [2.45, 2.75) is 13.5 Å². The van der Waals surface area contributed by atoms with Crippen molar-refractivity contribution in [2.24, 2.45) is 0 Å². The third-order valence-corrected chi connectivity index (χ3v) is 5.78. The van der Waals surface area contributed by atoms with Gasteiger partial charge in [-0.15, -0.1) is 0 Å². The summed E-state index contributed by atoms with van der Waals surface area (Å²) >= 11 is 0. The summed E-state index contributed by atoms with van der Waals surface area (Å²) in [5, 5.41) is 3.81. The molecule has 0 aliphatic carbocycles.